The third-order valence-electron chi connectivity index (χ3n) is 4.15. The molecule has 2 aromatic rings. The van der Waals surface area contributed by atoms with Gasteiger partial charge >= 0.3 is 0 Å². The molecule has 26 heavy (non-hydrogen) atoms. The molecule has 0 bridgehead atoms. The number of piperazine rings is 1. The molecule has 1 fully saturated rings. The highest BCUT2D eigenvalue weighted by atomic mass is 35.5. The lowest BCUT2D eigenvalue weighted by Crippen LogP contribution is -2.50. The molecule has 0 N–H and O–H groups in total. The van der Waals surface area contributed by atoms with Crippen LogP contribution in [0.1, 0.15) is 10.4 Å². The van der Waals surface area contributed by atoms with Crippen LogP contribution in [0.5, 0.6) is 0 Å². The molecular formula is C17H15Cl2FN2O3S. The highest BCUT2D eigenvalue weighted by Gasteiger charge is 2.33. The number of carbonyl (C=O) groups is 1. The molecule has 5 nitrogen and oxygen atoms in total. The topological polar surface area (TPSA) is 57.7 Å². The van der Waals surface area contributed by atoms with Gasteiger partial charge in [0.05, 0.1) is 15.6 Å². The monoisotopic (exact) mass is 416 g/mol. The Labute approximate surface area is 161 Å². The number of halogens is 3. The molecule has 138 valence electrons. The van der Waals surface area contributed by atoms with Crippen LogP contribution < -0.4 is 0 Å². The summed E-state index contributed by atoms with van der Waals surface area (Å²) in [6.45, 7) is 0.442. The third kappa shape index (κ3) is 3.57. The zero-order chi connectivity index (χ0) is 18.9. The number of hydrogen-bond donors (Lipinski definition) is 0. The van der Waals surface area contributed by atoms with Gasteiger partial charge in [-0.3, -0.25) is 4.79 Å². The molecule has 1 aliphatic rings. The van der Waals surface area contributed by atoms with Gasteiger partial charge in [0.1, 0.15) is 10.7 Å². The molecule has 0 aliphatic carbocycles. The smallest absolute Gasteiger partial charge is 0.256 e. The molecular weight excluding hydrogens is 402 g/mol. The Kier molecular flexibility index (Phi) is 5.53. The largest absolute Gasteiger partial charge is 0.336 e. The fourth-order valence-electron chi connectivity index (χ4n) is 2.79. The molecule has 2 aromatic carbocycles. The van der Waals surface area contributed by atoms with Crippen molar-refractivity contribution in [2.75, 3.05) is 26.2 Å². The van der Waals surface area contributed by atoms with E-state index >= 15 is 0 Å². The van der Waals surface area contributed by atoms with Crippen molar-refractivity contribution in [3.05, 3.63) is 63.9 Å². The first-order valence-corrected chi connectivity index (χ1v) is 10.00. The van der Waals surface area contributed by atoms with Gasteiger partial charge in [0.15, 0.2) is 0 Å². The minimum absolute atomic E-state index is 0.0297. The van der Waals surface area contributed by atoms with Gasteiger partial charge < -0.3 is 4.90 Å². The Bertz CT molecular complexity index is 925. The lowest BCUT2D eigenvalue weighted by atomic mass is 10.1. The fraction of sp³-hybridized carbons (Fsp3) is 0.235. The van der Waals surface area contributed by atoms with Gasteiger partial charge in [-0.15, -0.1) is 0 Å². The summed E-state index contributed by atoms with van der Waals surface area (Å²) in [6.07, 6.45) is 0. The molecule has 0 saturated carbocycles. The van der Waals surface area contributed by atoms with Crippen molar-refractivity contribution in [2.45, 2.75) is 4.90 Å². The number of benzene rings is 2. The van der Waals surface area contributed by atoms with Crippen molar-refractivity contribution in [3.8, 4) is 0 Å². The molecule has 0 spiro atoms. The molecule has 1 saturated heterocycles. The van der Waals surface area contributed by atoms with Crippen molar-refractivity contribution in [2.24, 2.45) is 0 Å². The zero-order valence-corrected chi connectivity index (χ0v) is 15.9. The lowest BCUT2D eigenvalue weighted by Gasteiger charge is -2.34. The van der Waals surface area contributed by atoms with E-state index in [1.54, 1.807) is 12.1 Å². The van der Waals surface area contributed by atoms with Gasteiger partial charge in [0.25, 0.3) is 5.91 Å². The van der Waals surface area contributed by atoms with E-state index in [9.17, 15) is 17.6 Å². The van der Waals surface area contributed by atoms with Gasteiger partial charge in [0.2, 0.25) is 10.0 Å². The van der Waals surface area contributed by atoms with E-state index in [-0.39, 0.29) is 46.7 Å². The molecule has 3 rings (SSSR count). The molecule has 9 heteroatoms. The molecule has 1 amide bonds. The van der Waals surface area contributed by atoms with E-state index in [0.29, 0.717) is 0 Å². The Hall–Kier alpha value is -1.67. The van der Waals surface area contributed by atoms with E-state index < -0.39 is 21.7 Å². The van der Waals surface area contributed by atoms with Crippen molar-refractivity contribution in [1.82, 2.24) is 9.21 Å². The summed E-state index contributed by atoms with van der Waals surface area (Å²) >= 11 is 12.0. The predicted molar refractivity (Wildman–Crippen MR) is 97.5 cm³/mol. The van der Waals surface area contributed by atoms with E-state index in [1.807, 2.05) is 0 Å². The number of rotatable bonds is 3. The molecule has 0 unspecified atom stereocenters. The second-order valence-electron chi connectivity index (χ2n) is 5.73. The van der Waals surface area contributed by atoms with Gasteiger partial charge in [-0.25, -0.2) is 12.8 Å². The maximum absolute atomic E-state index is 13.8. The summed E-state index contributed by atoms with van der Waals surface area (Å²) in [7, 11) is -3.89. The van der Waals surface area contributed by atoms with Gasteiger partial charge in [0, 0.05) is 26.2 Å². The standard InChI is InChI=1S/C17H15Cl2FN2O3S/c18-13-5-3-6-14(19)16(13)26(24,25)22-10-8-21(9-11-22)17(23)12-4-1-2-7-15(12)20/h1-7H,8-11H2. The summed E-state index contributed by atoms with van der Waals surface area (Å²) in [6, 6.07) is 10.2. The van der Waals surface area contributed by atoms with Crippen LogP contribution in [-0.2, 0) is 10.0 Å². The summed E-state index contributed by atoms with van der Waals surface area (Å²) in [5.41, 5.74) is -0.0297. The van der Waals surface area contributed by atoms with Crippen molar-refractivity contribution in [3.63, 3.8) is 0 Å². The molecule has 0 radical (unpaired) electrons. The van der Waals surface area contributed by atoms with Crippen LogP contribution in [0, 0.1) is 5.82 Å². The summed E-state index contributed by atoms with van der Waals surface area (Å²) in [5, 5.41) is 0.0877. The average molecular weight is 417 g/mol. The highest BCUT2D eigenvalue weighted by Crippen LogP contribution is 2.32. The molecule has 1 aliphatic heterocycles. The minimum atomic E-state index is -3.89. The van der Waals surface area contributed by atoms with Crippen molar-refractivity contribution in [1.29, 1.82) is 0 Å². The van der Waals surface area contributed by atoms with Crippen molar-refractivity contribution < 1.29 is 17.6 Å². The first-order chi connectivity index (χ1) is 12.3. The van der Waals surface area contributed by atoms with E-state index in [1.165, 1.54) is 39.5 Å². The normalized spacial score (nSPS) is 15.9. The Morgan fingerprint density at radius 3 is 2.08 bits per heavy atom. The van der Waals surface area contributed by atoms with Gasteiger partial charge in [-0.1, -0.05) is 41.4 Å². The van der Waals surface area contributed by atoms with Crippen LogP contribution in [0.15, 0.2) is 47.4 Å². The van der Waals surface area contributed by atoms with Gasteiger partial charge in [-0.05, 0) is 24.3 Å². The highest BCUT2D eigenvalue weighted by molar-refractivity contribution is 7.89. The third-order valence-corrected chi connectivity index (χ3v) is 7.00. The van der Waals surface area contributed by atoms with E-state index in [2.05, 4.69) is 0 Å². The second-order valence-corrected chi connectivity index (χ2v) is 8.42. The predicted octanol–water partition coefficient (Wildman–Crippen LogP) is 3.28. The Morgan fingerprint density at radius 1 is 0.923 bits per heavy atom. The van der Waals surface area contributed by atoms with E-state index in [0.717, 1.165) is 0 Å². The average Bonchev–Trinajstić information content (AvgIpc) is 2.61. The molecule has 0 atom stereocenters. The Morgan fingerprint density at radius 2 is 1.50 bits per heavy atom. The SMILES string of the molecule is O=C(c1ccccc1F)N1CCN(S(=O)(=O)c2c(Cl)cccc2Cl)CC1. The van der Waals surface area contributed by atoms with Crippen LogP contribution in [-0.4, -0.2) is 49.7 Å². The molecule has 1 heterocycles. The summed E-state index contributed by atoms with van der Waals surface area (Å²) < 4.78 is 40.7. The fourth-order valence-corrected chi connectivity index (χ4v) is 5.31. The van der Waals surface area contributed by atoms with Crippen LogP contribution in [0.4, 0.5) is 4.39 Å². The first kappa shape index (κ1) is 19.1. The Balaban J connectivity index is 1.76. The number of carbonyl (C=O) groups excluding carboxylic acids is 1. The quantitative estimate of drug-likeness (QED) is 0.771. The zero-order valence-electron chi connectivity index (χ0n) is 13.5. The van der Waals surface area contributed by atoms with Crippen LogP contribution in [0.2, 0.25) is 10.0 Å². The molecule has 0 aromatic heterocycles. The van der Waals surface area contributed by atoms with Crippen LogP contribution in [0.3, 0.4) is 0 Å². The first-order valence-electron chi connectivity index (χ1n) is 7.80. The number of nitrogens with zero attached hydrogens (tertiary/aromatic N) is 2. The second kappa shape index (κ2) is 7.52. The van der Waals surface area contributed by atoms with Gasteiger partial charge in [-0.2, -0.15) is 4.31 Å². The lowest BCUT2D eigenvalue weighted by molar-refractivity contribution is 0.0693. The summed E-state index contributed by atoms with van der Waals surface area (Å²) in [5.74, 6) is -1.06. The number of amides is 1. The van der Waals surface area contributed by atoms with Crippen LogP contribution >= 0.6 is 23.2 Å². The minimum Gasteiger partial charge on any atom is -0.336 e. The number of sulfonamides is 1. The maximum atomic E-state index is 13.8. The van der Waals surface area contributed by atoms with Crippen molar-refractivity contribution >= 4 is 39.1 Å². The maximum Gasteiger partial charge on any atom is 0.256 e. The van der Waals surface area contributed by atoms with E-state index in [4.69, 9.17) is 23.2 Å². The summed E-state index contributed by atoms with van der Waals surface area (Å²) in [4.78, 5) is 13.7. The number of hydrogen-bond acceptors (Lipinski definition) is 3. The van der Waals surface area contributed by atoms with Crippen LogP contribution in [0.25, 0.3) is 0 Å².